The van der Waals surface area contributed by atoms with Crippen LogP contribution >= 0.6 is 0 Å². The Morgan fingerprint density at radius 1 is 0.743 bits per heavy atom. The smallest absolute Gasteiger partial charge is 0.330 e. The lowest BCUT2D eigenvalue weighted by molar-refractivity contribution is -0.133. The molecule has 0 saturated heterocycles. The number of benzene rings is 2. The van der Waals surface area contributed by atoms with E-state index in [1.54, 1.807) is 26.0 Å². The van der Waals surface area contributed by atoms with Crippen molar-refractivity contribution in [3.05, 3.63) is 83.0 Å². The zero-order valence-corrected chi connectivity index (χ0v) is 21.4. The van der Waals surface area contributed by atoms with Gasteiger partial charge in [0.2, 0.25) is 0 Å². The molecule has 0 aromatic heterocycles. The molecule has 0 fully saturated rings. The van der Waals surface area contributed by atoms with Crippen LogP contribution < -0.4 is 9.47 Å². The number of aliphatic carboxylic acids is 2. The van der Waals surface area contributed by atoms with E-state index in [2.05, 4.69) is 13.8 Å². The predicted molar refractivity (Wildman–Crippen MR) is 137 cm³/mol. The first-order chi connectivity index (χ1) is 16.4. The third-order valence-electron chi connectivity index (χ3n) is 5.92. The summed E-state index contributed by atoms with van der Waals surface area (Å²) in [6, 6.07) is 15.9. The molecule has 0 spiro atoms. The number of hydrogen-bond acceptors (Lipinski definition) is 4. The molecule has 0 heterocycles. The second kappa shape index (κ2) is 12.2. The number of carbonyl (C=O) groups is 2. The fourth-order valence-electron chi connectivity index (χ4n) is 3.65. The normalized spacial score (nSPS) is 14.2. The van der Waals surface area contributed by atoms with Crippen molar-refractivity contribution < 1.29 is 29.3 Å². The fraction of sp³-hybridized carbons (Fsp3) is 0.379. The molecular weight excluding hydrogens is 444 g/mol. The highest BCUT2D eigenvalue weighted by Crippen LogP contribution is 2.33. The minimum Gasteiger partial charge on any atom is -0.493 e. The van der Waals surface area contributed by atoms with Crippen LogP contribution in [0.3, 0.4) is 0 Å². The summed E-state index contributed by atoms with van der Waals surface area (Å²) >= 11 is 0. The Labute approximate surface area is 207 Å². The van der Waals surface area contributed by atoms with Gasteiger partial charge in [0, 0.05) is 28.4 Å². The Kier molecular flexibility index (Phi) is 9.69. The zero-order valence-electron chi connectivity index (χ0n) is 21.4. The third-order valence-corrected chi connectivity index (χ3v) is 5.92. The quantitative estimate of drug-likeness (QED) is 0.356. The van der Waals surface area contributed by atoms with Crippen molar-refractivity contribution >= 4 is 11.9 Å². The van der Waals surface area contributed by atoms with Crippen LogP contribution in [0.1, 0.15) is 52.7 Å². The van der Waals surface area contributed by atoms with Gasteiger partial charge >= 0.3 is 11.9 Å². The summed E-state index contributed by atoms with van der Waals surface area (Å²) in [4.78, 5) is 21.9. The molecule has 0 bridgehead atoms. The minimum atomic E-state index is -0.916. The molecule has 0 radical (unpaired) electrons. The van der Waals surface area contributed by atoms with Crippen molar-refractivity contribution in [2.75, 3.05) is 13.2 Å². The number of hydrogen-bond donors (Lipinski definition) is 2. The van der Waals surface area contributed by atoms with Crippen molar-refractivity contribution in [3.63, 3.8) is 0 Å². The monoisotopic (exact) mass is 480 g/mol. The topological polar surface area (TPSA) is 93.1 Å². The molecule has 2 aromatic carbocycles. The van der Waals surface area contributed by atoms with Gasteiger partial charge in [0.15, 0.2) is 0 Å². The molecule has 2 atom stereocenters. The lowest BCUT2D eigenvalue weighted by Gasteiger charge is -2.26. The molecule has 35 heavy (non-hydrogen) atoms. The van der Waals surface area contributed by atoms with Crippen LogP contribution in [0.4, 0.5) is 0 Å². The van der Waals surface area contributed by atoms with Gasteiger partial charge in [0.1, 0.15) is 11.5 Å². The Balaban J connectivity index is 1.99. The Bertz CT molecular complexity index is 976. The first-order valence-electron chi connectivity index (χ1n) is 11.7. The molecule has 2 aromatic rings. The van der Waals surface area contributed by atoms with Gasteiger partial charge in [0.05, 0.1) is 13.2 Å². The SMILES string of the molecule is C/C(=C\C(C)COc1ccc(C(C)(C)c2ccc(OCC(C)/C=C(\C)C(=O)O)cc2)cc1)C(=O)O. The zero-order chi connectivity index (χ0) is 26.2. The molecule has 0 amide bonds. The van der Waals surface area contributed by atoms with E-state index in [0.717, 1.165) is 22.6 Å². The maximum atomic E-state index is 11.0. The Hall–Kier alpha value is -3.54. The van der Waals surface area contributed by atoms with Gasteiger partial charge in [0.25, 0.3) is 0 Å². The maximum Gasteiger partial charge on any atom is 0.330 e. The summed E-state index contributed by atoms with van der Waals surface area (Å²) in [7, 11) is 0. The molecule has 2 N–H and O–H groups in total. The number of carboxylic acids is 2. The molecule has 0 aliphatic carbocycles. The molecule has 0 aliphatic heterocycles. The van der Waals surface area contributed by atoms with E-state index >= 15 is 0 Å². The van der Waals surface area contributed by atoms with Gasteiger partial charge in [-0.1, -0.05) is 64.1 Å². The number of carboxylic acid groups (broad SMARTS) is 2. The van der Waals surface area contributed by atoms with E-state index in [-0.39, 0.29) is 17.3 Å². The van der Waals surface area contributed by atoms with Crippen molar-refractivity contribution in [1.29, 1.82) is 0 Å². The number of rotatable bonds is 12. The number of ether oxygens (including phenoxy) is 2. The highest BCUT2D eigenvalue weighted by atomic mass is 16.5. The Morgan fingerprint density at radius 3 is 1.34 bits per heavy atom. The van der Waals surface area contributed by atoms with E-state index in [1.165, 1.54) is 0 Å². The maximum absolute atomic E-state index is 11.0. The average Bonchev–Trinajstić information content (AvgIpc) is 2.81. The van der Waals surface area contributed by atoms with Crippen LogP contribution in [0, 0.1) is 11.8 Å². The predicted octanol–water partition coefficient (Wildman–Crippen LogP) is 6.10. The molecule has 6 heteroatoms. The molecule has 0 aliphatic rings. The largest absolute Gasteiger partial charge is 0.493 e. The lowest BCUT2D eigenvalue weighted by atomic mass is 9.78. The van der Waals surface area contributed by atoms with Crippen molar-refractivity contribution in [1.82, 2.24) is 0 Å². The lowest BCUT2D eigenvalue weighted by Crippen LogP contribution is -2.19. The van der Waals surface area contributed by atoms with E-state index in [4.69, 9.17) is 19.7 Å². The van der Waals surface area contributed by atoms with E-state index < -0.39 is 11.9 Å². The molecule has 0 saturated carbocycles. The van der Waals surface area contributed by atoms with Gasteiger partial charge in [-0.15, -0.1) is 0 Å². The van der Waals surface area contributed by atoms with Crippen LogP contribution in [0.25, 0.3) is 0 Å². The second-order valence-corrected chi connectivity index (χ2v) is 9.56. The van der Waals surface area contributed by atoms with E-state index in [0.29, 0.717) is 24.4 Å². The standard InChI is InChI=1S/C29H36O6/c1-19(15-21(3)27(30)31)17-34-25-11-7-23(8-12-25)29(5,6)24-9-13-26(14-10-24)35-18-20(2)16-22(4)28(32)33/h7-16,19-20H,17-18H2,1-6H3,(H,30,31)(H,32,33)/b21-15+,22-16+. The highest BCUT2D eigenvalue weighted by Gasteiger charge is 2.23. The van der Waals surface area contributed by atoms with Crippen molar-refractivity contribution in [2.24, 2.45) is 11.8 Å². The van der Waals surface area contributed by atoms with Gasteiger partial charge in [-0.05, 0) is 49.2 Å². The molecular formula is C29H36O6. The molecule has 2 unspecified atom stereocenters. The van der Waals surface area contributed by atoms with E-state index in [1.807, 2.05) is 62.4 Å². The summed E-state index contributed by atoms with van der Waals surface area (Å²) in [6.45, 7) is 12.1. The van der Waals surface area contributed by atoms with Crippen LogP contribution in [0.2, 0.25) is 0 Å². The highest BCUT2D eigenvalue weighted by molar-refractivity contribution is 5.86. The summed E-state index contributed by atoms with van der Waals surface area (Å²) in [5.41, 5.74) is 2.66. The summed E-state index contributed by atoms with van der Waals surface area (Å²) in [6.07, 6.45) is 3.39. The van der Waals surface area contributed by atoms with E-state index in [9.17, 15) is 9.59 Å². The van der Waals surface area contributed by atoms with Gasteiger partial charge in [-0.25, -0.2) is 9.59 Å². The third kappa shape index (κ3) is 8.32. The fourth-order valence-corrected chi connectivity index (χ4v) is 3.65. The second-order valence-electron chi connectivity index (χ2n) is 9.56. The van der Waals surface area contributed by atoms with Crippen molar-refractivity contribution in [2.45, 2.75) is 47.0 Å². The molecule has 188 valence electrons. The summed E-state index contributed by atoms with van der Waals surface area (Å²) < 4.78 is 11.7. The first-order valence-corrected chi connectivity index (χ1v) is 11.7. The van der Waals surface area contributed by atoms with Gasteiger partial charge in [-0.3, -0.25) is 0 Å². The first kappa shape index (κ1) is 27.7. The summed E-state index contributed by atoms with van der Waals surface area (Å²) in [5.74, 6) is -0.377. The van der Waals surface area contributed by atoms with Gasteiger partial charge in [-0.2, -0.15) is 0 Å². The van der Waals surface area contributed by atoms with Crippen LogP contribution in [0.5, 0.6) is 11.5 Å². The molecule has 6 nitrogen and oxygen atoms in total. The average molecular weight is 481 g/mol. The van der Waals surface area contributed by atoms with Crippen LogP contribution in [-0.4, -0.2) is 35.4 Å². The summed E-state index contributed by atoms with van der Waals surface area (Å²) in [5, 5.41) is 18.0. The minimum absolute atomic E-state index is 0.0110. The van der Waals surface area contributed by atoms with Crippen LogP contribution in [0.15, 0.2) is 71.8 Å². The van der Waals surface area contributed by atoms with Gasteiger partial charge < -0.3 is 19.7 Å². The van der Waals surface area contributed by atoms with Crippen molar-refractivity contribution in [3.8, 4) is 11.5 Å². The van der Waals surface area contributed by atoms with Crippen LogP contribution in [-0.2, 0) is 15.0 Å². The molecule has 2 rings (SSSR count). The Morgan fingerprint density at radius 2 is 1.06 bits per heavy atom.